The van der Waals surface area contributed by atoms with Gasteiger partial charge in [0.25, 0.3) is 0 Å². The average Bonchev–Trinajstić information content (AvgIpc) is 3.20. The highest BCUT2D eigenvalue weighted by Crippen LogP contribution is 2.29. The van der Waals surface area contributed by atoms with Gasteiger partial charge >= 0.3 is 0 Å². The summed E-state index contributed by atoms with van der Waals surface area (Å²) in [5.74, 6) is 1.17. The number of rotatable bonds is 4. The first kappa shape index (κ1) is 15.1. The molecule has 6 heteroatoms. The fraction of sp³-hybridized carbons (Fsp3) is 0.412. The quantitative estimate of drug-likeness (QED) is 0.726. The Labute approximate surface area is 144 Å². The second-order valence-corrected chi connectivity index (χ2v) is 7.69. The fourth-order valence-corrected chi connectivity index (χ4v) is 4.68. The molecule has 0 N–H and O–H groups in total. The number of piperazine rings is 1. The fourth-order valence-electron chi connectivity index (χ4n) is 3.11. The van der Waals surface area contributed by atoms with Crippen LogP contribution in [0.3, 0.4) is 0 Å². The second-order valence-electron chi connectivity index (χ2n) is 5.94. The van der Waals surface area contributed by atoms with E-state index < -0.39 is 0 Å². The molecule has 120 valence electrons. The third-order valence-electron chi connectivity index (χ3n) is 4.53. The third kappa shape index (κ3) is 3.11. The SMILES string of the molecule is Cc1ncsc1CCN1CCN(c2nsc3ccccc23)CC1. The molecular formula is C17H20N4S2. The number of hydrogen-bond acceptors (Lipinski definition) is 6. The summed E-state index contributed by atoms with van der Waals surface area (Å²) < 4.78 is 5.97. The normalized spacial score (nSPS) is 16.3. The van der Waals surface area contributed by atoms with Crippen molar-refractivity contribution in [3.8, 4) is 0 Å². The highest BCUT2D eigenvalue weighted by molar-refractivity contribution is 7.13. The first-order chi connectivity index (χ1) is 11.3. The van der Waals surface area contributed by atoms with Crippen LogP contribution in [0.15, 0.2) is 29.8 Å². The van der Waals surface area contributed by atoms with E-state index in [1.165, 1.54) is 26.5 Å². The highest BCUT2D eigenvalue weighted by atomic mass is 32.1. The minimum Gasteiger partial charge on any atom is -0.353 e. The minimum atomic E-state index is 1.06. The number of aryl methyl sites for hydroxylation is 1. The van der Waals surface area contributed by atoms with Crippen molar-refractivity contribution in [1.29, 1.82) is 0 Å². The van der Waals surface area contributed by atoms with Crippen molar-refractivity contribution in [2.75, 3.05) is 37.6 Å². The van der Waals surface area contributed by atoms with Crippen LogP contribution < -0.4 is 4.90 Å². The highest BCUT2D eigenvalue weighted by Gasteiger charge is 2.20. The molecule has 1 aliphatic heterocycles. The molecule has 3 heterocycles. The summed E-state index contributed by atoms with van der Waals surface area (Å²) in [6.45, 7) is 7.60. The van der Waals surface area contributed by atoms with E-state index in [0.29, 0.717) is 0 Å². The number of hydrogen-bond donors (Lipinski definition) is 0. The van der Waals surface area contributed by atoms with Crippen LogP contribution >= 0.6 is 22.9 Å². The standard InChI is InChI=1S/C17H20N4S2/c1-13-15(22-12-18-13)6-7-20-8-10-21(11-9-20)17-14-4-2-3-5-16(14)23-19-17/h2-5,12H,6-11H2,1H3. The zero-order valence-electron chi connectivity index (χ0n) is 13.2. The van der Waals surface area contributed by atoms with Gasteiger partial charge in [-0.1, -0.05) is 12.1 Å². The number of aromatic nitrogens is 2. The predicted octanol–water partition coefficient (Wildman–Crippen LogP) is 3.43. The lowest BCUT2D eigenvalue weighted by Gasteiger charge is -2.35. The summed E-state index contributed by atoms with van der Waals surface area (Å²) in [5.41, 5.74) is 3.15. The summed E-state index contributed by atoms with van der Waals surface area (Å²) in [5, 5.41) is 1.30. The van der Waals surface area contributed by atoms with Crippen LogP contribution in [-0.2, 0) is 6.42 Å². The van der Waals surface area contributed by atoms with E-state index in [-0.39, 0.29) is 0 Å². The lowest BCUT2D eigenvalue weighted by atomic mass is 10.2. The van der Waals surface area contributed by atoms with Crippen molar-refractivity contribution in [3.63, 3.8) is 0 Å². The zero-order chi connectivity index (χ0) is 15.6. The Balaban J connectivity index is 1.36. The van der Waals surface area contributed by atoms with Crippen LogP contribution in [0.5, 0.6) is 0 Å². The summed E-state index contributed by atoms with van der Waals surface area (Å²) in [6.07, 6.45) is 1.12. The van der Waals surface area contributed by atoms with Crippen LogP contribution in [-0.4, -0.2) is 47.0 Å². The van der Waals surface area contributed by atoms with Gasteiger partial charge in [-0.3, -0.25) is 4.90 Å². The van der Waals surface area contributed by atoms with Crippen LogP contribution in [0.4, 0.5) is 5.82 Å². The van der Waals surface area contributed by atoms with Gasteiger partial charge in [-0.15, -0.1) is 11.3 Å². The molecule has 2 aromatic heterocycles. The molecule has 0 saturated carbocycles. The summed E-state index contributed by atoms with van der Waals surface area (Å²) in [7, 11) is 0. The maximum atomic E-state index is 4.68. The van der Waals surface area contributed by atoms with Crippen LogP contribution in [0.25, 0.3) is 10.1 Å². The summed E-state index contributed by atoms with van der Waals surface area (Å²) in [6, 6.07) is 8.54. The van der Waals surface area contributed by atoms with Gasteiger partial charge in [0.05, 0.1) is 15.9 Å². The molecular weight excluding hydrogens is 324 g/mol. The Hall–Kier alpha value is -1.50. The second kappa shape index (κ2) is 6.55. The molecule has 0 radical (unpaired) electrons. The van der Waals surface area contributed by atoms with E-state index in [1.807, 2.05) is 5.51 Å². The van der Waals surface area contributed by atoms with Gasteiger partial charge in [-0.05, 0) is 37.0 Å². The number of fused-ring (bicyclic) bond motifs is 1. The maximum absolute atomic E-state index is 4.68. The molecule has 0 aliphatic carbocycles. The van der Waals surface area contributed by atoms with Crippen molar-refractivity contribution in [2.24, 2.45) is 0 Å². The lowest BCUT2D eigenvalue weighted by Crippen LogP contribution is -2.47. The lowest BCUT2D eigenvalue weighted by molar-refractivity contribution is 0.261. The molecule has 0 spiro atoms. The Morgan fingerprint density at radius 2 is 1.96 bits per heavy atom. The average molecular weight is 345 g/mol. The van der Waals surface area contributed by atoms with Gasteiger partial charge in [0, 0.05) is 43.0 Å². The molecule has 3 aromatic rings. The van der Waals surface area contributed by atoms with Crippen molar-refractivity contribution >= 4 is 38.8 Å². The molecule has 0 bridgehead atoms. The van der Waals surface area contributed by atoms with E-state index in [9.17, 15) is 0 Å². The van der Waals surface area contributed by atoms with E-state index in [1.54, 1.807) is 22.9 Å². The van der Waals surface area contributed by atoms with Crippen LogP contribution in [0.1, 0.15) is 10.6 Å². The topological polar surface area (TPSA) is 32.3 Å². The Morgan fingerprint density at radius 1 is 1.13 bits per heavy atom. The third-order valence-corrected chi connectivity index (χ3v) is 6.34. The van der Waals surface area contributed by atoms with Gasteiger partial charge in [-0.2, -0.15) is 4.37 Å². The number of anilines is 1. The van der Waals surface area contributed by atoms with Crippen molar-refractivity contribution in [1.82, 2.24) is 14.3 Å². The van der Waals surface area contributed by atoms with Gasteiger partial charge in [0.15, 0.2) is 0 Å². The van der Waals surface area contributed by atoms with Gasteiger partial charge in [-0.25, -0.2) is 4.98 Å². The molecule has 1 fully saturated rings. The van der Waals surface area contributed by atoms with Crippen molar-refractivity contribution in [3.05, 3.63) is 40.3 Å². The molecule has 23 heavy (non-hydrogen) atoms. The zero-order valence-corrected chi connectivity index (χ0v) is 14.9. The monoisotopic (exact) mass is 344 g/mol. The molecule has 0 atom stereocenters. The number of thiazole rings is 1. The molecule has 1 aromatic carbocycles. The van der Waals surface area contributed by atoms with E-state index in [2.05, 4.69) is 50.3 Å². The molecule has 1 aliphatic rings. The molecule has 4 nitrogen and oxygen atoms in total. The van der Waals surface area contributed by atoms with Crippen LogP contribution in [0.2, 0.25) is 0 Å². The Morgan fingerprint density at radius 3 is 2.74 bits per heavy atom. The first-order valence-electron chi connectivity index (χ1n) is 8.02. The Kier molecular flexibility index (Phi) is 4.29. The summed E-state index contributed by atoms with van der Waals surface area (Å²) in [4.78, 5) is 10.8. The number of benzene rings is 1. The molecule has 1 saturated heterocycles. The largest absolute Gasteiger partial charge is 0.353 e. The molecule has 4 rings (SSSR count). The minimum absolute atomic E-state index is 1.06. The molecule has 0 amide bonds. The van der Waals surface area contributed by atoms with Gasteiger partial charge < -0.3 is 4.90 Å². The predicted molar refractivity (Wildman–Crippen MR) is 98.8 cm³/mol. The van der Waals surface area contributed by atoms with E-state index >= 15 is 0 Å². The van der Waals surface area contributed by atoms with E-state index in [4.69, 9.17) is 0 Å². The van der Waals surface area contributed by atoms with Gasteiger partial charge in [0.2, 0.25) is 0 Å². The maximum Gasteiger partial charge on any atom is 0.150 e. The van der Waals surface area contributed by atoms with E-state index in [0.717, 1.165) is 39.1 Å². The van der Waals surface area contributed by atoms with Crippen molar-refractivity contribution in [2.45, 2.75) is 13.3 Å². The Bertz CT molecular complexity index is 787. The van der Waals surface area contributed by atoms with Gasteiger partial charge in [0.1, 0.15) is 5.82 Å². The van der Waals surface area contributed by atoms with Crippen LogP contribution in [0, 0.1) is 6.92 Å². The summed E-state index contributed by atoms with van der Waals surface area (Å²) >= 11 is 3.39. The van der Waals surface area contributed by atoms with Crippen molar-refractivity contribution < 1.29 is 0 Å². The first-order valence-corrected chi connectivity index (χ1v) is 9.67. The number of nitrogens with zero attached hydrogens (tertiary/aromatic N) is 4. The molecule has 0 unspecified atom stereocenters. The smallest absolute Gasteiger partial charge is 0.150 e.